The van der Waals surface area contributed by atoms with E-state index in [0.29, 0.717) is 18.7 Å². The van der Waals surface area contributed by atoms with Crippen molar-refractivity contribution >= 4 is 5.91 Å². The van der Waals surface area contributed by atoms with Gasteiger partial charge in [-0.05, 0) is 55.0 Å². The topological polar surface area (TPSA) is 83.3 Å². The Hall–Kier alpha value is -3.03. The number of amides is 1. The fraction of sp³-hybridized carbons (Fsp3) is 0.400. The fourth-order valence-corrected chi connectivity index (χ4v) is 4.27. The van der Waals surface area contributed by atoms with Crippen LogP contribution in [0.25, 0.3) is 11.1 Å². The van der Waals surface area contributed by atoms with Crippen molar-refractivity contribution in [3.8, 4) is 11.1 Å². The van der Waals surface area contributed by atoms with Gasteiger partial charge in [0.2, 0.25) is 0 Å². The minimum Gasteiger partial charge on any atom is -0.396 e. The molecule has 0 saturated carbocycles. The summed E-state index contributed by atoms with van der Waals surface area (Å²) in [6.07, 6.45) is 4.38. The molecule has 0 unspecified atom stereocenters. The predicted molar refractivity (Wildman–Crippen MR) is 124 cm³/mol. The van der Waals surface area contributed by atoms with Gasteiger partial charge in [0.05, 0.1) is 12.2 Å². The average molecular weight is 434 g/mol. The van der Waals surface area contributed by atoms with Gasteiger partial charge in [0.15, 0.2) is 5.69 Å². The standard InChI is InChI=1S/C25H31N5O2/c1-19-6-2-3-8-23(19)21-11-9-20(10-12-21)16-29-14-4-7-22(17-29)30-18-24(27-28-30)25(32)26-13-5-15-31/h2-3,6,8-12,18,22,31H,4-5,7,13-17H2,1H3,(H,26,32)/t22-/m1/s1. The molecule has 4 rings (SSSR count). The molecule has 1 atom stereocenters. The normalized spacial score (nSPS) is 16.8. The van der Waals surface area contributed by atoms with Crippen LogP contribution in [0.1, 0.15) is 46.9 Å². The van der Waals surface area contributed by atoms with Crippen molar-refractivity contribution in [2.24, 2.45) is 0 Å². The largest absolute Gasteiger partial charge is 0.396 e. The Bertz CT molecular complexity index is 1030. The summed E-state index contributed by atoms with van der Waals surface area (Å²) in [5.41, 5.74) is 5.43. The number of hydrogen-bond donors (Lipinski definition) is 2. The van der Waals surface area contributed by atoms with E-state index >= 15 is 0 Å². The van der Waals surface area contributed by atoms with Gasteiger partial charge in [-0.2, -0.15) is 0 Å². The molecule has 0 aliphatic carbocycles. The number of carbonyl (C=O) groups is 1. The summed E-state index contributed by atoms with van der Waals surface area (Å²) in [5, 5.41) is 19.9. The van der Waals surface area contributed by atoms with Crippen LogP contribution in [-0.2, 0) is 6.54 Å². The maximum absolute atomic E-state index is 12.2. The van der Waals surface area contributed by atoms with Crippen LogP contribution in [0.3, 0.4) is 0 Å². The van der Waals surface area contributed by atoms with Crippen LogP contribution in [0.5, 0.6) is 0 Å². The van der Waals surface area contributed by atoms with Crippen molar-refractivity contribution in [1.82, 2.24) is 25.2 Å². The Kier molecular flexibility index (Phi) is 7.29. The van der Waals surface area contributed by atoms with E-state index in [0.717, 1.165) is 32.5 Å². The van der Waals surface area contributed by atoms with Crippen LogP contribution < -0.4 is 5.32 Å². The molecule has 2 heterocycles. The lowest BCUT2D eigenvalue weighted by Crippen LogP contribution is -2.36. The molecule has 0 radical (unpaired) electrons. The van der Waals surface area contributed by atoms with Crippen LogP contribution in [0, 0.1) is 6.92 Å². The number of rotatable bonds is 8. The molecule has 2 N–H and O–H groups in total. The number of nitrogens with one attached hydrogen (secondary N) is 1. The Morgan fingerprint density at radius 1 is 1.19 bits per heavy atom. The van der Waals surface area contributed by atoms with Crippen molar-refractivity contribution in [2.45, 2.75) is 38.8 Å². The fourth-order valence-electron chi connectivity index (χ4n) is 4.27. The van der Waals surface area contributed by atoms with Crippen LogP contribution in [0.4, 0.5) is 0 Å². The number of nitrogens with zero attached hydrogens (tertiary/aromatic N) is 4. The molecular formula is C25H31N5O2. The van der Waals surface area contributed by atoms with Crippen LogP contribution in [0.2, 0.25) is 0 Å². The minimum atomic E-state index is -0.244. The first kappa shape index (κ1) is 22.2. The van der Waals surface area contributed by atoms with E-state index in [1.54, 1.807) is 6.20 Å². The maximum Gasteiger partial charge on any atom is 0.273 e. The highest BCUT2D eigenvalue weighted by molar-refractivity contribution is 5.91. The highest BCUT2D eigenvalue weighted by atomic mass is 16.3. The molecule has 7 heteroatoms. The van der Waals surface area contributed by atoms with E-state index in [2.05, 4.69) is 76.0 Å². The minimum absolute atomic E-state index is 0.0551. The molecular weight excluding hydrogens is 402 g/mol. The first-order valence-corrected chi connectivity index (χ1v) is 11.3. The monoisotopic (exact) mass is 433 g/mol. The molecule has 168 valence electrons. The van der Waals surface area contributed by atoms with Gasteiger partial charge in [0, 0.05) is 26.2 Å². The molecule has 1 fully saturated rings. The van der Waals surface area contributed by atoms with Gasteiger partial charge in [0.1, 0.15) is 0 Å². The van der Waals surface area contributed by atoms with E-state index in [9.17, 15) is 4.79 Å². The zero-order chi connectivity index (χ0) is 22.3. The summed E-state index contributed by atoms with van der Waals surface area (Å²) in [4.78, 5) is 14.6. The van der Waals surface area contributed by atoms with Gasteiger partial charge >= 0.3 is 0 Å². The molecule has 0 bridgehead atoms. The zero-order valence-electron chi connectivity index (χ0n) is 18.6. The van der Waals surface area contributed by atoms with Gasteiger partial charge in [-0.1, -0.05) is 53.7 Å². The van der Waals surface area contributed by atoms with Gasteiger partial charge < -0.3 is 10.4 Å². The Morgan fingerprint density at radius 2 is 2.00 bits per heavy atom. The Labute approximate surface area is 189 Å². The average Bonchev–Trinajstić information content (AvgIpc) is 3.31. The smallest absolute Gasteiger partial charge is 0.273 e. The summed E-state index contributed by atoms with van der Waals surface area (Å²) in [5.74, 6) is -0.244. The SMILES string of the molecule is Cc1ccccc1-c1ccc(CN2CCC[C@@H](n3cc(C(=O)NCCCO)nn3)C2)cc1. The number of aliphatic hydroxyl groups is 1. The van der Waals surface area contributed by atoms with Gasteiger partial charge in [-0.3, -0.25) is 9.69 Å². The van der Waals surface area contributed by atoms with Crippen LogP contribution >= 0.6 is 0 Å². The lowest BCUT2D eigenvalue weighted by molar-refractivity contribution is 0.0946. The predicted octanol–water partition coefficient (Wildman–Crippen LogP) is 3.20. The lowest BCUT2D eigenvalue weighted by Gasteiger charge is -2.32. The number of aryl methyl sites for hydroxylation is 1. The second-order valence-corrected chi connectivity index (χ2v) is 8.46. The quantitative estimate of drug-likeness (QED) is 0.533. The molecule has 1 amide bonds. The summed E-state index contributed by atoms with van der Waals surface area (Å²) >= 11 is 0. The maximum atomic E-state index is 12.2. The van der Waals surface area contributed by atoms with E-state index < -0.39 is 0 Å². The summed E-state index contributed by atoms with van der Waals surface area (Å²) in [6, 6.07) is 17.5. The first-order valence-electron chi connectivity index (χ1n) is 11.3. The van der Waals surface area contributed by atoms with Gasteiger partial charge in [0.25, 0.3) is 5.91 Å². The second-order valence-electron chi connectivity index (χ2n) is 8.46. The summed E-state index contributed by atoms with van der Waals surface area (Å²) < 4.78 is 1.83. The third-order valence-corrected chi connectivity index (χ3v) is 6.03. The number of aromatic nitrogens is 3. The number of hydrogen-bond acceptors (Lipinski definition) is 5. The number of carbonyl (C=O) groups excluding carboxylic acids is 1. The third kappa shape index (κ3) is 5.41. The van der Waals surface area contributed by atoms with Gasteiger partial charge in [-0.25, -0.2) is 4.68 Å². The van der Waals surface area contributed by atoms with Crippen molar-refractivity contribution in [3.63, 3.8) is 0 Å². The van der Waals surface area contributed by atoms with Crippen molar-refractivity contribution in [1.29, 1.82) is 0 Å². The summed E-state index contributed by atoms with van der Waals surface area (Å²) in [7, 11) is 0. The molecule has 32 heavy (non-hydrogen) atoms. The van der Waals surface area contributed by atoms with Crippen LogP contribution in [0.15, 0.2) is 54.7 Å². The molecule has 3 aromatic rings. The molecule has 7 nitrogen and oxygen atoms in total. The van der Waals surface area contributed by atoms with Crippen molar-refractivity contribution in [3.05, 3.63) is 71.5 Å². The molecule has 2 aromatic carbocycles. The summed E-state index contributed by atoms with van der Waals surface area (Å²) in [6.45, 7) is 5.47. The van der Waals surface area contributed by atoms with Crippen molar-refractivity contribution in [2.75, 3.05) is 26.2 Å². The highest BCUT2D eigenvalue weighted by Gasteiger charge is 2.23. The third-order valence-electron chi connectivity index (χ3n) is 6.03. The second kappa shape index (κ2) is 10.5. The van der Waals surface area contributed by atoms with Gasteiger partial charge in [-0.15, -0.1) is 5.10 Å². The molecule has 1 aromatic heterocycles. The van der Waals surface area contributed by atoms with Crippen LogP contribution in [-0.4, -0.2) is 57.1 Å². The number of benzene rings is 2. The molecule has 0 spiro atoms. The Morgan fingerprint density at radius 3 is 2.78 bits per heavy atom. The van der Waals surface area contributed by atoms with E-state index in [4.69, 9.17) is 5.11 Å². The molecule has 1 saturated heterocycles. The zero-order valence-corrected chi connectivity index (χ0v) is 18.6. The van der Waals surface area contributed by atoms with E-state index in [-0.39, 0.29) is 18.6 Å². The molecule has 1 aliphatic heterocycles. The Balaban J connectivity index is 1.35. The van der Waals surface area contributed by atoms with E-state index in [1.165, 1.54) is 22.3 Å². The lowest BCUT2D eigenvalue weighted by atomic mass is 9.99. The molecule has 1 aliphatic rings. The number of piperidine rings is 1. The number of aliphatic hydroxyl groups excluding tert-OH is 1. The first-order chi connectivity index (χ1) is 15.6. The number of likely N-dealkylation sites (tertiary alicyclic amines) is 1. The highest BCUT2D eigenvalue weighted by Crippen LogP contribution is 2.25. The van der Waals surface area contributed by atoms with Crippen molar-refractivity contribution < 1.29 is 9.90 Å². The van der Waals surface area contributed by atoms with E-state index in [1.807, 2.05) is 4.68 Å².